The van der Waals surface area contributed by atoms with Gasteiger partial charge in [0.1, 0.15) is 5.75 Å². The molecule has 0 saturated carbocycles. The monoisotopic (exact) mass is 279 g/mol. The summed E-state index contributed by atoms with van der Waals surface area (Å²) in [5.41, 5.74) is 7.24. The van der Waals surface area contributed by atoms with E-state index in [-0.39, 0.29) is 18.6 Å². The van der Waals surface area contributed by atoms with Crippen molar-refractivity contribution >= 4 is 17.3 Å². The number of hydrogen-bond donors (Lipinski definition) is 2. The number of nitrogens with two attached hydrogens (primary N) is 1. The number of benzene rings is 1. The number of amides is 1. The van der Waals surface area contributed by atoms with Crippen LogP contribution in [0.1, 0.15) is 27.7 Å². The number of nitrogens with zero attached hydrogens (tertiary/aromatic N) is 1. The fourth-order valence-corrected chi connectivity index (χ4v) is 1.93. The van der Waals surface area contributed by atoms with Gasteiger partial charge in [-0.15, -0.1) is 0 Å². The molecule has 3 N–H and O–H groups in total. The quantitative estimate of drug-likeness (QED) is 0.752. The van der Waals surface area contributed by atoms with E-state index in [1.807, 2.05) is 33.8 Å². The largest absolute Gasteiger partial charge is 0.491 e. The first-order valence-electron chi connectivity index (χ1n) is 7.05. The van der Waals surface area contributed by atoms with Gasteiger partial charge in [0.15, 0.2) is 0 Å². The molecule has 1 aromatic rings. The lowest BCUT2D eigenvalue weighted by Gasteiger charge is -2.19. The number of carbonyl (C=O) groups excluding carboxylic acids is 1. The van der Waals surface area contributed by atoms with Gasteiger partial charge in [-0.3, -0.25) is 4.79 Å². The van der Waals surface area contributed by atoms with E-state index in [0.717, 1.165) is 18.8 Å². The zero-order valence-electron chi connectivity index (χ0n) is 12.8. The van der Waals surface area contributed by atoms with Crippen LogP contribution in [0, 0.1) is 0 Å². The summed E-state index contributed by atoms with van der Waals surface area (Å²) in [7, 11) is 0. The van der Waals surface area contributed by atoms with Crippen LogP contribution in [0.25, 0.3) is 0 Å². The van der Waals surface area contributed by atoms with E-state index in [9.17, 15) is 4.79 Å². The van der Waals surface area contributed by atoms with Gasteiger partial charge in [-0.05, 0) is 33.8 Å². The molecule has 0 aliphatic carbocycles. The second-order valence-corrected chi connectivity index (χ2v) is 4.88. The highest BCUT2D eigenvalue weighted by molar-refractivity contribution is 5.81. The molecular formula is C15H25N3O2. The van der Waals surface area contributed by atoms with Crippen LogP contribution < -0.4 is 15.8 Å². The van der Waals surface area contributed by atoms with E-state index < -0.39 is 0 Å². The fraction of sp³-hybridized carbons (Fsp3) is 0.533. The van der Waals surface area contributed by atoms with Gasteiger partial charge in [0.05, 0.1) is 12.6 Å². The number of likely N-dealkylation sites (N-methyl/N-ethyl adjacent to an activating group) is 1. The average Bonchev–Trinajstić information content (AvgIpc) is 2.36. The first-order valence-corrected chi connectivity index (χ1v) is 7.05. The summed E-state index contributed by atoms with van der Waals surface area (Å²) in [6.45, 7) is 9.55. The van der Waals surface area contributed by atoms with Gasteiger partial charge in [0, 0.05) is 36.6 Å². The molecule has 0 spiro atoms. The van der Waals surface area contributed by atoms with Crippen molar-refractivity contribution < 1.29 is 9.53 Å². The van der Waals surface area contributed by atoms with Crippen molar-refractivity contribution in [2.24, 2.45) is 0 Å². The highest BCUT2D eigenvalue weighted by Gasteiger charge is 2.09. The highest BCUT2D eigenvalue weighted by atomic mass is 16.5. The Morgan fingerprint density at radius 2 is 1.95 bits per heavy atom. The molecule has 0 aliphatic rings. The molecule has 0 bridgehead atoms. The second kappa shape index (κ2) is 7.62. The molecule has 0 aliphatic heterocycles. The van der Waals surface area contributed by atoms with Crippen molar-refractivity contribution in [3.8, 4) is 5.75 Å². The van der Waals surface area contributed by atoms with Crippen molar-refractivity contribution in [1.82, 2.24) is 4.90 Å². The Morgan fingerprint density at radius 3 is 2.50 bits per heavy atom. The molecule has 0 heterocycles. The average molecular weight is 279 g/mol. The predicted molar refractivity (Wildman–Crippen MR) is 83.0 cm³/mol. The Bertz CT molecular complexity index is 443. The number of carbonyl (C=O) groups is 1. The predicted octanol–water partition coefficient (Wildman–Crippen LogP) is 2.34. The lowest BCUT2D eigenvalue weighted by atomic mass is 10.2. The van der Waals surface area contributed by atoms with E-state index in [1.165, 1.54) is 0 Å². The Labute approximate surface area is 121 Å². The highest BCUT2D eigenvalue weighted by Crippen LogP contribution is 2.23. The Morgan fingerprint density at radius 1 is 1.30 bits per heavy atom. The lowest BCUT2D eigenvalue weighted by molar-refractivity contribution is -0.128. The van der Waals surface area contributed by atoms with Crippen molar-refractivity contribution in [3.63, 3.8) is 0 Å². The normalized spacial score (nSPS) is 10.4. The van der Waals surface area contributed by atoms with E-state index in [1.54, 1.807) is 17.0 Å². The van der Waals surface area contributed by atoms with Crippen LogP contribution in [0.15, 0.2) is 18.2 Å². The van der Waals surface area contributed by atoms with Crippen LogP contribution in [0.5, 0.6) is 5.75 Å². The smallest absolute Gasteiger partial charge is 0.241 e. The Kier molecular flexibility index (Phi) is 6.15. The van der Waals surface area contributed by atoms with Gasteiger partial charge in [-0.2, -0.15) is 0 Å². The summed E-state index contributed by atoms with van der Waals surface area (Å²) in [6, 6.07) is 5.42. The minimum Gasteiger partial charge on any atom is -0.491 e. The summed E-state index contributed by atoms with van der Waals surface area (Å²) in [6.07, 6.45) is 0.0851. The van der Waals surface area contributed by atoms with Crippen LogP contribution in [-0.4, -0.2) is 36.5 Å². The molecule has 20 heavy (non-hydrogen) atoms. The van der Waals surface area contributed by atoms with Crippen LogP contribution in [-0.2, 0) is 4.79 Å². The third-order valence-corrected chi connectivity index (χ3v) is 2.86. The lowest BCUT2D eigenvalue weighted by Crippen LogP contribution is -2.35. The van der Waals surface area contributed by atoms with Gasteiger partial charge in [-0.1, -0.05) is 0 Å². The number of hydrogen-bond acceptors (Lipinski definition) is 4. The molecule has 0 atom stereocenters. The summed E-state index contributed by atoms with van der Waals surface area (Å²) < 4.78 is 5.62. The van der Waals surface area contributed by atoms with Crippen molar-refractivity contribution in [2.75, 3.05) is 30.7 Å². The number of nitrogen functional groups attached to an aromatic ring is 1. The van der Waals surface area contributed by atoms with Gasteiger partial charge in [0.2, 0.25) is 5.91 Å². The SMILES string of the molecule is CCN(CC)C(=O)CNc1cc(N)cc(OC(C)C)c1. The van der Waals surface area contributed by atoms with E-state index in [4.69, 9.17) is 10.5 Å². The summed E-state index contributed by atoms with van der Waals surface area (Å²) >= 11 is 0. The molecule has 0 radical (unpaired) electrons. The number of rotatable bonds is 7. The zero-order chi connectivity index (χ0) is 15.1. The third-order valence-electron chi connectivity index (χ3n) is 2.86. The van der Waals surface area contributed by atoms with Crippen molar-refractivity contribution in [2.45, 2.75) is 33.8 Å². The summed E-state index contributed by atoms with van der Waals surface area (Å²) in [5.74, 6) is 0.779. The van der Waals surface area contributed by atoms with E-state index >= 15 is 0 Å². The molecule has 0 unspecified atom stereocenters. The molecule has 0 aromatic heterocycles. The van der Waals surface area contributed by atoms with Crippen LogP contribution in [0.3, 0.4) is 0 Å². The molecule has 1 rings (SSSR count). The molecule has 5 heteroatoms. The molecule has 112 valence electrons. The first-order chi connectivity index (χ1) is 9.46. The summed E-state index contributed by atoms with van der Waals surface area (Å²) in [5, 5.41) is 3.10. The molecule has 1 aromatic carbocycles. The minimum atomic E-state index is 0.0729. The van der Waals surface area contributed by atoms with Gasteiger partial charge in [-0.25, -0.2) is 0 Å². The standard InChI is InChI=1S/C15H25N3O2/c1-5-18(6-2)15(19)10-17-13-7-12(16)8-14(9-13)20-11(3)4/h7-9,11,17H,5-6,10,16H2,1-4H3. The first kappa shape index (κ1) is 16.1. The Balaban J connectivity index is 2.68. The zero-order valence-corrected chi connectivity index (χ0v) is 12.8. The minimum absolute atomic E-state index is 0.0729. The number of ether oxygens (including phenoxy) is 1. The fourth-order valence-electron chi connectivity index (χ4n) is 1.93. The molecule has 1 amide bonds. The third kappa shape index (κ3) is 4.99. The Hall–Kier alpha value is -1.91. The second-order valence-electron chi connectivity index (χ2n) is 4.88. The molecule has 0 fully saturated rings. The van der Waals surface area contributed by atoms with Crippen molar-refractivity contribution in [1.29, 1.82) is 0 Å². The van der Waals surface area contributed by atoms with Crippen molar-refractivity contribution in [3.05, 3.63) is 18.2 Å². The topological polar surface area (TPSA) is 67.6 Å². The molecule has 0 saturated heterocycles. The van der Waals surface area contributed by atoms with Crippen LogP contribution in [0.4, 0.5) is 11.4 Å². The van der Waals surface area contributed by atoms with Gasteiger partial charge >= 0.3 is 0 Å². The maximum Gasteiger partial charge on any atom is 0.241 e. The van der Waals surface area contributed by atoms with E-state index in [0.29, 0.717) is 11.4 Å². The maximum absolute atomic E-state index is 11.9. The summed E-state index contributed by atoms with van der Waals surface area (Å²) in [4.78, 5) is 13.7. The maximum atomic E-state index is 11.9. The molecule has 5 nitrogen and oxygen atoms in total. The molecular weight excluding hydrogens is 254 g/mol. The number of anilines is 2. The van der Waals surface area contributed by atoms with E-state index in [2.05, 4.69) is 5.32 Å². The number of nitrogens with one attached hydrogen (secondary N) is 1. The van der Waals surface area contributed by atoms with Gasteiger partial charge < -0.3 is 20.7 Å². The van der Waals surface area contributed by atoms with Gasteiger partial charge in [0.25, 0.3) is 0 Å². The van der Waals surface area contributed by atoms with Crippen LogP contribution >= 0.6 is 0 Å². The van der Waals surface area contributed by atoms with Crippen LogP contribution in [0.2, 0.25) is 0 Å².